The number of aromatic nitrogens is 1. The summed E-state index contributed by atoms with van der Waals surface area (Å²) in [4.78, 5) is 17.4. The standard InChI is InChI=1S/C8H13N5O/c1-5(6-3-2-4-11-6)12-8(14)13-7(9)10/h2-5,11H,1H3,(H5,9,10,12,13,14). The van der Waals surface area contributed by atoms with Crippen LogP contribution in [0.1, 0.15) is 18.7 Å². The van der Waals surface area contributed by atoms with Gasteiger partial charge in [0.1, 0.15) is 0 Å². The zero-order chi connectivity index (χ0) is 10.6. The smallest absolute Gasteiger partial charge is 0.344 e. The Bertz CT molecular complexity index is 326. The normalized spacial score (nSPS) is 11.8. The number of nitrogens with zero attached hydrogens (tertiary/aromatic N) is 1. The van der Waals surface area contributed by atoms with Crippen LogP contribution in [0.4, 0.5) is 4.79 Å². The fourth-order valence-corrected chi connectivity index (χ4v) is 1.03. The molecule has 14 heavy (non-hydrogen) atoms. The fourth-order valence-electron chi connectivity index (χ4n) is 1.03. The van der Waals surface area contributed by atoms with Gasteiger partial charge in [0, 0.05) is 11.9 Å². The first-order chi connectivity index (χ1) is 6.59. The highest BCUT2D eigenvalue weighted by atomic mass is 16.2. The van der Waals surface area contributed by atoms with Gasteiger partial charge in [-0.25, -0.2) is 4.79 Å². The van der Waals surface area contributed by atoms with Crippen LogP contribution in [-0.4, -0.2) is 17.0 Å². The second-order valence-corrected chi connectivity index (χ2v) is 2.83. The van der Waals surface area contributed by atoms with Crippen molar-refractivity contribution in [1.29, 1.82) is 0 Å². The maximum absolute atomic E-state index is 11.1. The number of nitrogens with one attached hydrogen (secondary N) is 2. The van der Waals surface area contributed by atoms with Gasteiger partial charge in [-0.1, -0.05) is 0 Å². The Morgan fingerprint density at radius 1 is 1.64 bits per heavy atom. The molecule has 1 unspecified atom stereocenters. The minimum Gasteiger partial charge on any atom is -0.370 e. The second kappa shape index (κ2) is 4.31. The van der Waals surface area contributed by atoms with E-state index in [1.54, 1.807) is 6.20 Å². The van der Waals surface area contributed by atoms with Gasteiger partial charge in [0.25, 0.3) is 0 Å². The predicted octanol–water partition coefficient (Wildman–Crippen LogP) is 0.0587. The maximum Gasteiger partial charge on any atom is 0.344 e. The van der Waals surface area contributed by atoms with E-state index in [1.807, 2.05) is 19.1 Å². The molecule has 0 saturated heterocycles. The van der Waals surface area contributed by atoms with E-state index >= 15 is 0 Å². The van der Waals surface area contributed by atoms with Gasteiger partial charge < -0.3 is 21.8 Å². The highest BCUT2D eigenvalue weighted by Crippen LogP contribution is 2.08. The summed E-state index contributed by atoms with van der Waals surface area (Å²) in [5.41, 5.74) is 11.0. The number of aliphatic imine (C=N–C) groups is 1. The van der Waals surface area contributed by atoms with Gasteiger partial charge in [0.2, 0.25) is 0 Å². The van der Waals surface area contributed by atoms with Crippen molar-refractivity contribution in [3.63, 3.8) is 0 Å². The van der Waals surface area contributed by atoms with Crippen molar-refractivity contribution in [3.05, 3.63) is 24.0 Å². The van der Waals surface area contributed by atoms with Crippen LogP contribution >= 0.6 is 0 Å². The number of amides is 2. The fraction of sp³-hybridized carbons (Fsp3) is 0.250. The number of aromatic amines is 1. The number of hydrogen-bond donors (Lipinski definition) is 4. The van der Waals surface area contributed by atoms with E-state index < -0.39 is 6.03 Å². The largest absolute Gasteiger partial charge is 0.370 e. The van der Waals surface area contributed by atoms with Gasteiger partial charge in [0.15, 0.2) is 5.96 Å². The molecule has 0 radical (unpaired) electrons. The van der Waals surface area contributed by atoms with E-state index in [-0.39, 0.29) is 12.0 Å². The van der Waals surface area contributed by atoms with E-state index in [2.05, 4.69) is 15.3 Å². The molecule has 0 fully saturated rings. The number of guanidine groups is 1. The number of rotatable bonds is 2. The van der Waals surface area contributed by atoms with Crippen LogP contribution in [0.15, 0.2) is 23.3 Å². The first-order valence-electron chi connectivity index (χ1n) is 4.13. The van der Waals surface area contributed by atoms with Crippen LogP contribution in [0.2, 0.25) is 0 Å². The number of H-pyrrole nitrogens is 1. The highest BCUT2D eigenvalue weighted by Gasteiger charge is 2.08. The highest BCUT2D eigenvalue weighted by molar-refractivity contribution is 5.90. The Balaban J connectivity index is 2.54. The van der Waals surface area contributed by atoms with E-state index in [9.17, 15) is 4.79 Å². The van der Waals surface area contributed by atoms with Crippen molar-refractivity contribution in [2.75, 3.05) is 0 Å². The molecule has 6 heteroatoms. The van der Waals surface area contributed by atoms with Gasteiger partial charge >= 0.3 is 6.03 Å². The van der Waals surface area contributed by atoms with E-state index in [0.29, 0.717) is 0 Å². The summed E-state index contributed by atoms with van der Waals surface area (Å²) in [6, 6.07) is 3.01. The van der Waals surface area contributed by atoms with Crippen LogP contribution in [0.5, 0.6) is 0 Å². The Hall–Kier alpha value is -1.98. The van der Waals surface area contributed by atoms with Crippen molar-refractivity contribution < 1.29 is 4.79 Å². The zero-order valence-electron chi connectivity index (χ0n) is 7.82. The first kappa shape index (κ1) is 10.1. The van der Waals surface area contributed by atoms with Crippen LogP contribution in [-0.2, 0) is 0 Å². The topological polar surface area (TPSA) is 109 Å². The van der Waals surface area contributed by atoms with Crippen molar-refractivity contribution >= 4 is 12.0 Å². The lowest BCUT2D eigenvalue weighted by Gasteiger charge is -2.09. The summed E-state index contributed by atoms with van der Waals surface area (Å²) in [6.07, 6.45) is 1.78. The SMILES string of the molecule is CC(NC(=O)N=C(N)N)c1ccc[nH]1. The molecule has 0 aliphatic heterocycles. The minimum atomic E-state index is -0.549. The number of hydrogen-bond acceptors (Lipinski definition) is 1. The lowest BCUT2D eigenvalue weighted by molar-refractivity contribution is 0.246. The summed E-state index contributed by atoms with van der Waals surface area (Å²) < 4.78 is 0. The molecule has 6 nitrogen and oxygen atoms in total. The summed E-state index contributed by atoms with van der Waals surface area (Å²) >= 11 is 0. The zero-order valence-corrected chi connectivity index (χ0v) is 7.82. The minimum absolute atomic E-state index is 0.152. The van der Waals surface area contributed by atoms with Crippen molar-refractivity contribution in [2.24, 2.45) is 16.5 Å². The van der Waals surface area contributed by atoms with Crippen molar-refractivity contribution in [3.8, 4) is 0 Å². The molecule has 6 N–H and O–H groups in total. The summed E-state index contributed by atoms with van der Waals surface area (Å²) in [7, 11) is 0. The molecule has 0 aliphatic carbocycles. The average Bonchev–Trinajstić information content (AvgIpc) is 2.53. The first-order valence-corrected chi connectivity index (χ1v) is 4.13. The molecule has 0 spiro atoms. The molecule has 1 rings (SSSR count). The van der Waals surface area contributed by atoms with Crippen LogP contribution in [0.3, 0.4) is 0 Å². The number of carbonyl (C=O) groups is 1. The molecule has 1 aromatic rings. The lowest BCUT2D eigenvalue weighted by atomic mass is 10.2. The predicted molar refractivity (Wildman–Crippen MR) is 53.5 cm³/mol. The number of nitrogens with two attached hydrogens (primary N) is 2. The quantitative estimate of drug-likeness (QED) is 0.395. The molecular weight excluding hydrogens is 182 g/mol. The van der Waals surface area contributed by atoms with Gasteiger partial charge in [-0.05, 0) is 19.1 Å². The third-order valence-electron chi connectivity index (χ3n) is 1.66. The van der Waals surface area contributed by atoms with E-state index in [4.69, 9.17) is 11.5 Å². The van der Waals surface area contributed by atoms with E-state index in [1.165, 1.54) is 0 Å². The molecular formula is C8H13N5O. The number of urea groups is 1. The van der Waals surface area contributed by atoms with Crippen LogP contribution in [0.25, 0.3) is 0 Å². The molecule has 1 atom stereocenters. The Morgan fingerprint density at radius 3 is 2.86 bits per heavy atom. The molecule has 1 aromatic heterocycles. The second-order valence-electron chi connectivity index (χ2n) is 2.83. The van der Waals surface area contributed by atoms with Gasteiger partial charge in [0.05, 0.1) is 6.04 Å². The summed E-state index contributed by atoms with van der Waals surface area (Å²) in [5, 5.41) is 2.60. The number of carbonyl (C=O) groups excluding carboxylic acids is 1. The van der Waals surface area contributed by atoms with Crippen molar-refractivity contribution in [2.45, 2.75) is 13.0 Å². The Kier molecular flexibility index (Phi) is 3.11. The monoisotopic (exact) mass is 195 g/mol. The van der Waals surface area contributed by atoms with Gasteiger partial charge in [-0.2, -0.15) is 4.99 Å². The van der Waals surface area contributed by atoms with E-state index in [0.717, 1.165) is 5.69 Å². The molecule has 0 aliphatic rings. The summed E-state index contributed by atoms with van der Waals surface area (Å²) in [5.74, 6) is -0.249. The lowest BCUT2D eigenvalue weighted by Crippen LogP contribution is -2.30. The van der Waals surface area contributed by atoms with Gasteiger partial charge in [-0.3, -0.25) is 0 Å². The van der Waals surface area contributed by atoms with Crippen LogP contribution < -0.4 is 16.8 Å². The van der Waals surface area contributed by atoms with Crippen molar-refractivity contribution in [1.82, 2.24) is 10.3 Å². The summed E-state index contributed by atoms with van der Waals surface area (Å²) in [6.45, 7) is 1.83. The Morgan fingerprint density at radius 2 is 2.36 bits per heavy atom. The average molecular weight is 195 g/mol. The molecule has 2 amide bonds. The third-order valence-corrected chi connectivity index (χ3v) is 1.66. The molecule has 76 valence electrons. The van der Waals surface area contributed by atoms with Crippen LogP contribution in [0, 0.1) is 0 Å². The molecule has 0 bridgehead atoms. The molecule has 0 saturated carbocycles. The third kappa shape index (κ3) is 2.81. The van der Waals surface area contributed by atoms with Gasteiger partial charge in [-0.15, -0.1) is 0 Å². The Labute approximate surface area is 81.4 Å². The maximum atomic E-state index is 11.1. The molecule has 1 heterocycles. The molecule has 0 aromatic carbocycles.